The predicted octanol–water partition coefficient (Wildman–Crippen LogP) is 3.35. The van der Waals surface area contributed by atoms with Gasteiger partial charge in [0.15, 0.2) is 0 Å². The summed E-state index contributed by atoms with van der Waals surface area (Å²) in [5, 5.41) is 10.8. The lowest BCUT2D eigenvalue weighted by Crippen LogP contribution is -2.33. The number of allylic oxidation sites excluding steroid dienone is 1. The average Bonchev–Trinajstić information content (AvgIpc) is 3.00. The number of hydrogen-bond acceptors (Lipinski definition) is 3. The molecule has 0 saturated heterocycles. The standard InChI is InChI=1S/C16H18N2OS/c1-3-6-16(10-18-8-7-17-11-18)15(19)13-9-12(2)4-5-14(13)20-16/h3-5,7-9,11,15,19H,1,6,10H2,2H3/t15-,16-/m0/s1. The van der Waals surface area contributed by atoms with Crippen LogP contribution < -0.4 is 0 Å². The van der Waals surface area contributed by atoms with Crippen LogP contribution in [-0.2, 0) is 6.54 Å². The molecular formula is C16H18N2OS. The van der Waals surface area contributed by atoms with Crippen LogP contribution >= 0.6 is 11.8 Å². The molecular weight excluding hydrogens is 268 g/mol. The molecule has 3 nitrogen and oxygen atoms in total. The molecule has 0 unspecified atom stereocenters. The lowest BCUT2D eigenvalue weighted by atomic mass is 9.91. The van der Waals surface area contributed by atoms with Crippen LogP contribution in [0.3, 0.4) is 0 Å². The van der Waals surface area contributed by atoms with Gasteiger partial charge in [-0.25, -0.2) is 4.98 Å². The van der Waals surface area contributed by atoms with Gasteiger partial charge < -0.3 is 9.67 Å². The summed E-state index contributed by atoms with van der Waals surface area (Å²) in [5.74, 6) is 0. The first-order chi connectivity index (χ1) is 9.64. The highest BCUT2D eigenvalue weighted by atomic mass is 32.2. The van der Waals surface area contributed by atoms with Crippen molar-refractivity contribution in [2.45, 2.75) is 35.6 Å². The number of thioether (sulfide) groups is 1. The fourth-order valence-electron chi connectivity index (χ4n) is 2.80. The van der Waals surface area contributed by atoms with Crippen LogP contribution in [0, 0.1) is 6.92 Å². The van der Waals surface area contributed by atoms with E-state index in [4.69, 9.17) is 0 Å². The van der Waals surface area contributed by atoms with Crippen LogP contribution in [0.15, 0.2) is 54.5 Å². The Morgan fingerprint density at radius 1 is 1.55 bits per heavy atom. The number of hydrogen-bond donors (Lipinski definition) is 1. The highest BCUT2D eigenvalue weighted by molar-refractivity contribution is 8.01. The van der Waals surface area contributed by atoms with Gasteiger partial charge in [0.1, 0.15) is 0 Å². The first-order valence-electron chi connectivity index (χ1n) is 6.69. The zero-order valence-electron chi connectivity index (χ0n) is 11.5. The van der Waals surface area contributed by atoms with Crippen molar-refractivity contribution in [3.8, 4) is 0 Å². The minimum absolute atomic E-state index is 0.293. The summed E-state index contributed by atoms with van der Waals surface area (Å²) >= 11 is 1.75. The van der Waals surface area contributed by atoms with Gasteiger partial charge in [-0.1, -0.05) is 23.8 Å². The second-order valence-electron chi connectivity index (χ2n) is 5.34. The second-order valence-corrected chi connectivity index (χ2v) is 6.80. The number of aliphatic hydroxyl groups excluding tert-OH is 1. The van der Waals surface area contributed by atoms with E-state index in [0.717, 1.165) is 18.5 Å². The summed E-state index contributed by atoms with van der Waals surface area (Å²) in [4.78, 5) is 5.26. The van der Waals surface area contributed by atoms with Gasteiger partial charge in [-0.15, -0.1) is 18.3 Å². The number of aromatic nitrogens is 2. The summed E-state index contributed by atoms with van der Waals surface area (Å²) < 4.78 is 1.73. The minimum atomic E-state index is -0.484. The molecule has 1 N–H and O–H groups in total. The molecule has 0 aliphatic carbocycles. The van der Waals surface area contributed by atoms with E-state index in [-0.39, 0.29) is 4.75 Å². The number of imidazole rings is 1. The van der Waals surface area contributed by atoms with Crippen molar-refractivity contribution in [1.82, 2.24) is 9.55 Å². The number of rotatable bonds is 4. The monoisotopic (exact) mass is 286 g/mol. The highest BCUT2D eigenvalue weighted by Crippen LogP contribution is 2.54. The van der Waals surface area contributed by atoms with Crippen LogP contribution in [0.4, 0.5) is 0 Å². The van der Waals surface area contributed by atoms with Gasteiger partial charge in [0, 0.05) is 23.8 Å². The van der Waals surface area contributed by atoms with E-state index < -0.39 is 6.10 Å². The smallest absolute Gasteiger partial charge is 0.0971 e. The maximum Gasteiger partial charge on any atom is 0.0971 e. The Balaban J connectivity index is 1.98. The molecule has 1 aliphatic rings. The topological polar surface area (TPSA) is 38.0 Å². The minimum Gasteiger partial charge on any atom is -0.387 e. The fraction of sp³-hybridized carbons (Fsp3) is 0.312. The Hall–Kier alpha value is -1.52. The van der Waals surface area contributed by atoms with Crippen LogP contribution in [0.5, 0.6) is 0 Å². The van der Waals surface area contributed by atoms with Crippen molar-refractivity contribution in [3.63, 3.8) is 0 Å². The summed E-state index contributed by atoms with van der Waals surface area (Å²) in [6.45, 7) is 6.64. The molecule has 2 aromatic rings. The van der Waals surface area contributed by atoms with Gasteiger partial charge >= 0.3 is 0 Å². The first-order valence-corrected chi connectivity index (χ1v) is 7.50. The lowest BCUT2D eigenvalue weighted by Gasteiger charge is -2.31. The second kappa shape index (κ2) is 5.11. The molecule has 3 rings (SSSR count). The van der Waals surface area contributed by atoms with Crippen molar-refractivity contribution >= 4 is 11.8 Å². The third-order valence-electron chi connectivity index (χ3n) is 3.77. The lowest BCUT2D eigenvalue weighted by molar-refractivity contribution is 0.123. The normalized spacial score (nSPS) is 24.6. The first kappa shape index (κ1) is 13.5. The predicted molar refractivity (Wildman–Crippen MR) is 81.8 cm³/mol. The summed E-state index contributed by atoms with van der Waals surface area (Å²) in [7, 11) is 0. The van der Waals surface area contributed by atoms with Crippen molar-refractivity contribution < 1.29 is 5.11 Å². The summed E-state index contributed by atoms with van der Waals surface area (Å²) in [5.41, 5.74) is 2.22. The number of benzene rings is 1. The Morgan fingerprint density at radius 3 is 3.10 bits per heavy atom. The molecule has 4 heteroatoms. The quantitative estimate of drug-likeness (QED) is 0.876. The Kier molecular flexibility index (Phi) is 3.44. The van der Waals surface area contributed by atoms with Crippen LogP contribution in [0.25, 0.3) is 0 Å². The van der Waals surface area contributed by atoms with E-state index in [1.54, 1.807) is 24.3 Å². The molecule has 0 saturated carbocycles. The maximum atomic E-state index is 10.8. The number of aryl methyl sites for hydroxylation is 1. The Bertz CT molecular complexity index is 623. The third kappa shape index (κ3) is 2.19. The fourth-order valence-corrected chi connectivity index (χ4v) is 4.32. The Labute approximate surface area is 123 Å². The van der Waals surface area contributed by atoms with Crippen molar-refractivity contribution in [2.24, 2.45) is 0 Å². The molecule has 0 fully saturated rings. The maximum absolute atomic E-state index is 10.8. The summed E-state index contributed by atoms with van der Waals surface area (Å²) in [6.07, 6.45) is 7.67. The van der Waals surface area contributed by atoms with Crippen molar-refractivity contribution in [2.75, 3.05) is 0 Å². The van der Waals surface area contributed by atoms with E-state index in [9.17, 15) is 5.11 Å². The van der Waals surface area contributed by atoms with E-state index >= 15 is 0 Å². The average molecular weight is 286 g/mol. The molecule has 1 aromatic carbocycles. The number of nitrogens with zero attached hydrogens (tertiary/aromatic N) is 2. The molecule has 20 heavy (non-hydrogen) atoms. The molecule has 2 heterocycles. The zero-order chi connectivity index (χ0) is 14.2. The molecule has 0 amide bonds. The van der Waals surface area contributed by atoms with Gasteiger partial charge in [0.2, 0.25) is 0 Å². The number of aliphatic hydroxyl groups is 1. The van der Waals surface area contributed by atoms with E-state index in [1.165, 1.54) is 10.5 Å². The van der Waals surface area contributed by atoms with Crippen LogP contribution in [0.1, 0.15) is 23.7 Å². The van der Waals surface area contributed by atoms with Crippen molar-refractivity contribution in [3.05, 3.63) is 60.7 Å². The van der Waals surface area contributed by atoms with Crippen LogP contribution in [0.2, 0.25) is 0 Å². The molecule has 1 aromatic heterocycles. The largest absolute Gasteiger partial charge is 0.387 e. The van der Waals surface area contributed by atoms with Crippen molar-refractivity contribution in [1.29, 1.82) is 0 Å². The molecule has 1 aliphatic heterocycles. The van der Waals surface area contributed by atoms with Gasteiger partial charge in [-0.3, -0.25) is 0 Å². The number of fused-ring (bicyclic) bond motifs is 1. The SMILES string of the molecule is C=CC[C@@]1(Cn2ccnc2)Sc2ccc(C)cc2[C@@H]1O. The van der Waals surface area contributed by atoms with Gasteiger partial charge in [0.05, 0.1) is 17.2 Å². The molecule has 2 atom stereocenters. The summed E-state index contributed by atoms with van der Waals surface area (Å²) in [6, 6.07) is 6.29. The van der Waals surface area contributed by atoms with Gasteiger partial charge in [-0.05, 0) is 25.0 Å². The highest BCUT2D eigenvalue weighted by Gasteiger charge is 2.45. The molecule has 0 radical (unpaired) electrons. The van der Waals surface area contributed by atoms with Gasteiger partial charge in [0.25, 0.3) is 0 Å². The zero-order valence-corrected chi connectivity index (χ0v) is 12.3. The molecule has 104 valence electrons. The molecule has 0 spiro atoms. The van der Waals surface area contributed by atoms with Crippen LogP contribution in [-0.4, -0.2) is 19.4 Å². The Morgan fingerprint density at radius 2 is 2.40 bits per heavy atom. The van der Waals surface area contributed by atoms with E-state index in [0.29, 0.717) is 0 Å². The van der Waals surface area contributed by atoms with E-state index in [2.05, 4.69) is 36.7 Å². The van der Waals surface area contributed by atoms with E-state index in [1.807, 2.05) is 16.8 Å². The third-order valence-corrected chi connectivity index (χ3v) is 5.29. The van der Waals surface area contributed by atoms with Gasteiger partial charge in [-0.2, -0.15) is 0 Å². The molecule has 0 bridgehead atoms.